The number of fused-ring (bicyclic) bond motifs is 1. The Balaban J connectivity index is 1.82. The van der Waals surface area contributed by atoms with Gasteiger partial charge in [0.2, 0.25) is 0 Å². The lowest BCUT2D eigenvalue weighted by Gasteiger charge is -2.06. The number of methoxy groups -OCH3 is 1. The van der Waals surface area contributed by atoms with Crippen molar-refractivity contribution in [2.24, 2.45) is 0 Å². The number of rotatable bonds is 5. The molecule has 25 heavy (non-hydrogen) atoms. The highest BCUT2D eigenvalue weighted by Gasteiger charge is 2.20. The molecule has 128 valence electrons. The van der Waals surface area contributed by atoms with Gasteiger partial charge in [0.1, 0.15) is 29.3 Å². The van der Waals surface area contributed by atoms with E-state index in [0.29, 0.717) is 34.6 Å². The van der Waals surface area contributed by atoms with Crippen molar-refractivity contribution in [1.82, 2.24) is 0 Å². The molecule has 2 aromatic carbocycles. The normalized spacial score (nSPS) is 11.2. The molecule has 0 aliphatic heterocycles. The molecule has 5 heteroatoms. The summed E-state index contributed by atoms with van der Waals surface area (Å²) in [4.78, 5) is 12.0. The topological polar surface area (TPSA) is 48.7 Å². The zero-order valence-electron chi connectivity index (χ0n) is 13.9. The van der Waals surface area contributed by atoms with E-state index in [1.807, 2.05) is 42.5 Å². The highest BCUT2D eigenvalue weighted by atomic mass is 79.9. The first-order chi connectivity index (χ1) is 12.1. The SMILES string of the molecule is COC(=O)c1c(C)oc2cc(Br)c(OCC=Cc3ccccc3)cc12. The minimum atomic E-state index is -0.423. The minimum absolute atomic E-state index is 0.406. The van der Waals surface area contributed by atoms with Gasteiger partial charge in [-0.15, -0.1) is 0 Å². The molecule has 0 bridgehead atoms. The number of carbonyl (C=O) groups excluding carboxylic acids is 1. The maximum absolute atomic E-state index is 12.0. The van der Waals surface area contributed by atoms with Crippen LogP contribution in [0.25, 0.3) is 17.0 Å². The lowest BCUT2D eigenvalue weighted by atomic mass is 10.1. The predicted octanol–water partition coefficient (Wildman–Crippen LogP) is 5.38. The van der Waals surface area contributed by atoms with Gasteiger partial charge in [-0.05, 0) is 46.6 Å². The first kappa shape index (κ1) is 17.3. The summed E-state index contributed by atoms with van der Waals surface area (Å²) in [5.41, 5.74) is 2.14. The third-order valence-corrected chi connectivity index (χ3v) is 4.37. The van der Waals surface area contributed by atoms with E-state index in [4.69, 9.17) is 13.9 Å². The van der Waals surface area contributed by atoms with Crippen LogP contribution in [0.15, 0.2) is 57.4 Å². The molecule has 1 heterocycles. The van der Waals surface area contributed by atoms with Crippen molar-refractivity contribution >= 4 is 38.9 Å². The van der Waals surface area contributed by atoms with Crippen LogP contribution in [0.5, 0.6) is 5.75 Å². The average Bonchev–Trinajstić information content (AvgIpc) is 2.93. The van der Waals surface area contributed by atoms with Crippen molar-refractivity contribution in [3.05, 3.63) is 69.9 Å². The van der Waals surface area contributed by atoms with Gasteiger partial charge in [-0.2, -0.15) is 0 Å². The summed E-state index contributed by atoms with van der Waals surface area (Å²) in [6.07, 6.45) is 3.93. The zero-order valence-corrected chi connectivity index (χ0v) is 15.5. The van der Waals surface area contributed by atoms with Crippen LogP contribution in [0.2, 0.25) is 0 Å². The molecular formula is C20H17BrO4. The summed E-state index contributed by atoms with van der Waals surface area (Å²) >= 11 is 3.48. The van der Waals surface area contributed by atoms with Gasteiger partial charge >= 0.3 is 5.97 Å². The van der Waals surface area contributed by atoms with E-state index in [-0.39, 0.29) is 0 Å². The molecule has 0 fully saturated rings. The summed E-state index contributed by atoms with van der Waals surface area (Å²) in [5.74, 6) is 0.736. The smallest absolute Gasteiger partial charge is 0.342 e. The van der Waals surface area contributed by atoms with Gasteiger partial charge < -0.3 is 13.9 Å². The predicted molar refractivity (Wildman–Crippen MR) is 101 cm³/mol. The van der Waals surface area contributed by atoms with E-state index in [2.05, 4.69) is 15.9 Å². The zero-order chi connectivity index (χ0) is 17.8. The Kier molecular flexibility index (Phi) is 5.24. The van der Waals surface area contributed by atoms with Crippen molar-refractivity contribution in [2.45, 2.75) is 6.92 Å². The molecule has 0 aliphatic rings. The Morgan fingerprint density at radius 3 is 2.72 bits per heavy atom. The molecule has 0 radical (unpaired) electrons. The number of aryl methyl sites for hydroxylation is 1. The van der Waals surface area contributed by atoms with Crippen molar-refractivity contribution in [3.63, 3.8) is 0 Å². The summed E-state index contributed by atoms with van der Waals surface area (Å²) in [5, 5.41) is 0.676. The summed E-state index contributed by atoms with van der Waals surface area (Å²) < 4.78 is 17.1. The molecule has 1 aromatic heterocycles. The van der Waals surface area contributed by atoms with Gasteiger partial charge in [-0.1, -0.05) is 36.4 Å². The molecule has 0 saturated heterocycles. The number of hydrogen-bond acceptors (Lipinski definition) is 4. The van der Waals surface area contributed by atoms with E-state index in [1.165, 1.54) is 7.11 Å². The number of halogens is 1. The largest absolute Gasteiger partial charge is 0.488 e. The highest BCUT2D eigenvalue weighted by molar-refractivity contribution is 9.10. The molecule has 0 amide bonds. The van der Waals surface area contributed by atoms with Crippen LogP contribution < -0.4 is 4.74 Å². The van der Waals surface area contributed by atoms with Crippen LogP contribution in [0.3, 0.4) is 0 Å². The quantitative estimate of drug-likeness (QED) is 0.539. The minimum Gasteiger partial charge on any atom is -0.488 e. The van der Waals surface area contributed by atoms with Crippen molar-refractivity contribution < 1.29 is 18.7 Å². The third-order valence-electron chi connectivity index (χ3n) is 3.75. The maximum Gasteiger partial charge on any atom is 0.342 e. The molecule has 0 saturated carbocycles. The van der Waals surface area contributed by atoms with E-state index in [1.54, 1.807) is 19.1 Å². The van der Waals surface area contributed by atoms with Gasteiger partial charge in [0.25, 0.3) is 0 Å². The number of benzene rings is 2. The fourth-order valence-electron chi connectivity index (χ4n) is 2.57. The molecule has 0 aliphatic carbocycles. The fraction of sp³-hybridized carbons (Fsp3) is 0.150. The first-order valence-electron chi connectivity index (χ1n) is 7.75. The molecular weight excluding hydrogens is 384 g/mol. The first-order valence-corrected chi connectivity index (χ1v) is 8.55. The summed E-state index contributed by atoms with van der Waals surface area (Å²) in [7, 11) is 1.35. The van der Waals surface area contributed by atoms with Gasteiger partial charge in [0, 0.05) is 5.39 Å². The Bertz CT molecular complexity index is 926. The average molecular weight is 401 g/mol. The lowest BCUT2D eigenvalue weighted by Crippen LogP contribution is -2.02. The summed E-state index contributed by atoms with van der Waals surface area (Å²) in [6, 6.07) is 13.6. The second kappa shape index (κ2) is 7.57. The standard InChI is InChI=1S/C20H17BrO4/c1-13-19(20(22)23-2)15-11-18(16(21)12-17(15)25-13)24-10-6-9-14-7-4-3-5-8-14/h3-9,11-12H,10H2,1-2H3. The molecule has 0 atom stereocenters. The van der Waals surface area contributed by atoms with Crippen molar-refractivity contribution in [1.29, 1.82) is 0 Å². The van der Waals surface area contributed by atoms with Crippen LogP contribution in [-0.2, 0) is 4.74 Å². The molecule has 4 nitrogen and oxygen atoms in total. The van der Waals surface area contributed by atoms with E-state index < -0.39 is 5.97 Å². The Labute approximate surface area is 154 Å². The number of hydrogen-bond donors (Lipinski definition) is 0. The van der Waals surface area contributed by atoms with Gasteiger partial charge in [0.05, 0.1) is 11.6 Å². The summed E-state index contributed by atoms with van der Waals surface area (Å²) in [6.45, 7) is 2.15. The van der Waals surface area contributed by atoms with Crippen LogP contribution in [0, 0.1) is 6.92 Å². The molecule has 0 N–H and O–H groups in total. The van der Waals surface area contributed by atoms with Crippen LogP contribution in [-0.4, -0.2) is 19.7 Å². The van der Waals surface area contributed by atoms with Crippen LogP contribution in [0.4, 0.5) is 0 Å². The lowest BCUT2D eigenvalue weighted by molar-refractivity contribution is 0.0601. The van der Waals surface area contributed by atoms with Gasteiger partial charge in [-0.3, -0.25) is 0 Å². The number of ether oxygens (including phenoxy) is 2. The van der Waals surface area contributed by atoms with Gasteiger partial charge in [0.15, 0.2) is 0 Å². The van der Waals surface area contributed by atoms with E-state index in [9.17, 15) is 4.79 Å². The number of carbonyl (C=O) groups is 1. The van der Waals surface area contributed by atoms with Crippen LogP contribution in [0.1, 0.15) is 21.7 Å². The molecule has 0 unspecified atom stereocenters. The second-order valence-corrected chi connectivity index (χ2v) is 6.28. The van der Waals surface area contributed by atoms with E-state index in [0.717, 1.165) is 10.0 Å². The highest BCUT2D eigenvalue weighted by Crippen LogP contribution is 2.35. The van der Waals surface area contributed by atoms with E-state index >= 15 is 0 Å². The second-order valence-electron chi connectivity index (χ2n) is 5.43. The monoisotopic (exact) mass is 400 g/mol. The molecule has 3 rings (SSSR count). The Hall–Kier alpha value is -2.53. The Morgan fingerprint density at radius 1 is 1.24 bits per heavy atom. The third kappa shape index (κ3) is 3.77. The number of esters is 1. The van der Waals surface area contributed by atoms with Crippen LogP contribution >= 0.6 is 15.9 Å². The fourth-order valence-corrected chi connectivity index (χ4v) is 3.01. The van der Waals surface area contributed by atoms with Crippen molar-refractivity contribution in [2.75, 3.05) is 13.7 Å². The van der Waals surface area contributed by atoms with Gasteiger partial charge in [-0.25, -0.2) is 4.79 Å². The number of furan rings is 1. The molecule has 0 spiro atoms. The Morgan fingerprint density at radius 2 is 2.00 bits per heavy atom. The maximum atomic E-state index is 12.0. The molecule has 3 aromatic rings. The van der Waals surface area contributed by atoms with Crippen molar-refractivity contribution in [3.8, 4) is 5.75 Å².